The fourth-order valence-corrected chi connectivity index (χ4v) is 2.25. The van der Waals surface area contributed by atoms with Crippen molar-refractivity contribution in [3.63, 3.8) is 0 Å². The average Bonchev–Trinajstić information content (AvgIpc) is 2.44. The summed E-state index contributed by atoms with van der Waals surface area (Å²) in [6.07, 6.45) is 0.913. The van der Waals surface area contributed by atoms with Gasteiger partial charge in [0.2, 0.25) is 0 Å². The minimum absolute atomic E-state index is 0.254. The highest BCUT2D eigenvalue weighted by Gasteiger charge is 2.24. The number of amides is 1. The first-order valence-corrected chi connectivity index (χ1v) is 6.48. The monoisotopic (exact) mass is 277 g/mol. The number of hydrogen-bond donors (Lipinski definition) is 2. The van der Waals surface area contributed by atoms with Crippen LogP contribution in [0, 0.1) is 17.7 Å². The molecule has 1 saturated heterocycles. The second-order valence-corrected chi connectivity index (χ2v) is 4.70. The highest BCUT2D eigenvalue weighted by molar-refractivity contribution is 5.96. The molecule has 0 radical (unpaired) electrons. The lowest BCUT2D eigenvalue weighted by molar-refractivity contribution is 0.0473. The molecule has 1 aliphatic rings. The molecule has 1 atom stereocenters. The molecular weight excluding hydrogens is 261 g/mol. The summed E-state index contributed by atoms with van der Waals surface area (Å²) in [6, 6.07) is 3.77. The summed E-state index contributed by atoms with van der Waals surface area (Å²) in [5.74, 6) is 4.25. The van der Waals surface area contributed by atoms with E-state index in [4.69, 9.17) is 5.11 Å². The van der Waals surface area contributed by atoms with Crippen LogP contribution >= 0.6 is 0 Å². The van der Waals surface area contributed by atoms with Gasteiger partial charge in [-0.2, -0.15) is 0 Å². The minimum Gasteiger partial charge on any atom is -0.391 e. The van der Waals surface area contributed by atoms with E-state index < -0.39 is 11.9 Å². The highest BCUT2D eigenvalue weighted by atomic mass is 19.1. The Morgan fingerprint density at radius 1 is 1.50 bits per heavy atom. The van der Waals surface area contributed by atoms with E-state index in [-0.39, 0.29) is 24.6 Å². The lowest BCUT2D eigenvalue weighted by atomic mass is 10.0. The molecule has 1 heterocycles. The first-order valence-electron chi connectivity index (χ1n) is 6.48. The van der Waals surface area contributed by atoms with E-state index in [9.17, 15) is 14.3 Å². The maximum absolute atomic E-state index is 13.2. The average molecular weight is 277 g/mol. The number of aliphatic hydroxyl groups is 2. The van der Waals surface area contributed by atoms with Gasteiger partial charge in [0.05, 0.1) is 11.7 Å². The van der Waals surface area contributed by atoms with Crippen molar-refractivity contribution in [1.29, 1.82) is 0 Å². The largest absolute Gasteiger partial charge is 0.391 e. The Balaban J connectivity index is 2.29. The third-order valence-corrected chi connectivity index (χ3v) is 3.20. The molecule has 20 heavy (non-hydrogen) atoms. The zero-order valence-corrected chi connectivity index (χ0v) is 11.0. The SMILES string of the molecule is O=C(c1ccc(F)cc1C#CCO)N1CCCC(O)C1. The predicted molar refractivity (Wildman–Crippen MR) is 71.5 cm³/mol. The van der Waals surface area contributed by atoms with Gasteiger partial charge in [-0.15, -0.1) is 0 Å². The Morgan fingerprint density at radius 3 is 3.00 bits per heavy atom. The Labute approximate surface area is 116 Å². The van der Waals surface area contributed by atoms with E-state index in [0.717, 1.165) is 6.42 Å². The molecule has 106 valence electrons. The number of piperidine rings is 1. The van der Waals surface area contributed by atoms with Gasteiger partial charge in [-0.25, -0.2) is 4.39 Å². The van der Waals surface area contributed by atoms with Crippen LogP contribution in [0.25, 0.3) is 0 Å². The second kappa shape index (κ2) is 6.51. The van der Waals surface area contributed by atoms with Crippen LogP contribution in [0.4, 0.5) is 4.39 Å². The molecular formula is C15H16FNO3. The Hall–Kier alpha value is -1.90. The number of carbonyl (C=O) groups is 1. The molecule has 4 nitrogen and oxygen atoms in total. The van der Waals surface area contributed by atoms with Gasteiger partial charge in [0.25, 0.3) is 5.91 Å². The molecule has 1 unspecified atom stereocenters. The molecule has 0 aromatic heterocycles. The fraction of sp³-hybridized carbons (Fsp3) is 0.400. The zero-order chi connectivity index (χ0) is 14.5. The maximum Gasteiger partial charge on any atom is 0.255 e. The van der Waals surface area contributed by atoms with Gasteiger partial charge in [0.1, 0.15) is 12.4 Å². The summed E-state index contributed by atoms with van der Waals surface area (Å²) >= 11 is 0. The molecule has 1 aromatic rings. The highest BCUT2D eigenvalue weighted by Crippen LogP contribution is 2.17. The Bertz CT molecular complexity index is 562. The van der Waals surface area contributed by atoms with Crippen molar-refractivity contribution >= 4 is 5.91 Å². The summed E-state index contributed by atoms with van der Waals surface area (Å²) in [5, 5.41) is 18.3. The summed E-state index contributed by atoms with van der Waals surface area (Å²) in [7, 11) is 0. The van der Waals surface area contributed by atoms with Crippen LogP contribution in [0.1, 0.15) is 28.8 Å². The second-order valence-electron chi connectivity index (χ2n) is 4.70. The van der Waals surface area contributed by atoms with Gasteiger partial charge in [-0.1, -0.05) is 11.8 Å². The van der Waals surface area contributed by atoms with Gasteiger partial charge in [0, 0.05) is 18.7 Å². The quantitative estimate of drug-likeness (QED) is 0.745. The number of likely N-dealkylation sites (tertiary alicyclic amines) is 1. The lowest BCUT2D eigenvalue weighted by Crippen LogP contribution is -2.42. The standard InChI is InChI=1S/C15H16FNO3/c16-12-5-6-14(11(9-12)3-2-8-18)15(20)17-7-1-4-13(19)10-17/h5-6,9,13,18-19H,1,4,7-8,10H2. The maximum atomic E-state index is 13.2. The van der Waals surface area contributed by atoms with Crippen LogP contribution in [-0.2, 0) is 0 Å². The molecule has 1 amide bonds. The molecule has 1 aliphatic heterocycles. The molecule has 1 aromatic carbocycles. The third kappa shape index (κ3) is 3.35. The summed E-state index contributed by atoms with van der Waals surface area (Å²) < 4.78 is 13.2. The number of carbonyl (C=O) groups excluding carboxylic acids is 1. The van der Waals surface area contributed by atoms with E-state index in [0.29, 0.717) is 18.5 Å². The van der Waals surface area contributed by atoms with Crippen molar-refractivity contribution in [2.24, 2.45) is 0 Å². The predicted octanol–water partition coefficient (Wildman–Crippen LogP) is 0.766. The van der Waals surface area contributed by atoms with Crippen LogP contribution in [0.3, 0.4) is 0 Å². The van der Waals surface area contributed by atoms with Crippen molar-refractivity contribution in [3.8, 4) is 11.8 Å². The van der Waals surface area contributed by atoms with Gasteiger partial charge >= 0.3 is 0 Å². The van der Waals surface area contributed by atoms with E-state index in [2.05, 4.69) is 11.8 Å². The number of nitrogens with zero attached hydrogens (tertiary/aromatic N) is 1. The van der Waals surface area contributed by atoms with E-state index in [1.807, 2.05) is 0 Å². The number of halogens is 1. The number of benzene rings is 1. The first-order chi connectivity index (χ1) is 9.61. The summed E-state index contributed by atoms with van der Waals surface area (Å²) in [5.41, 5.74) is 0.547. The van der Waals surface area contributed by atoms with Crippen LogP contribution in [0.2, 0.25) is 0 Å². The molecule has 0 spiro atoms. The van der Waals surface area contributed by atoms with Crippen molar-refractivity contribution in [2.75, 3.05) is 19.7 Å². The van der Waals surface area contributed by atoms with E-state index >= 15 is 0 Å². The molecule has 1 fully saturated rings. The topological polar surface area (TPSA) is 60.8 Å². The smallest absolute Gasteiger partial charge is 0.255 e. The van der Waals surface area contributed by atoms with Crippen LogP contribution in [0.15, 0.2) is 18.2 Å². The number of hydrogen-bond acceptors (Lipinski definition) is 3. The molecule has 0 bridgehead atoms. The number of β-amino-alcohol motifs (C(OH)–C–C–N with tert-alkyl or cyclic N) is 1. The lowest BCUT2D eigenvalue weighted by Gasteiger charge is -2.30. The molecule has 0 saturated carbocycles. The van der Waals surface area contributed by atoms with Crippen molar-refractivity contribution in [3.05, 3.63) is 35.1 Å². The summed E-state index contributed by atoms with van der Waals surface area (Å²) in [6.45, 7) is 0.496. The number of aliphatic hydroxyl groups excluding tert-OH is 2. The van der Waals surface area contributed by atoms with Crippen molar-refractivity contribution in [1.82, 2.24) is 4.90 Å². The molecule has 2 N–H and O–H groups in total. The minimum atomic E-state index is -0.514. The van der Waals surface area contributed by atoms with Gasteiger partial charge in [-0.3, -0.25) is 4.79 Å². The zero-order valence-electron chi connectivity index (χ0n) is 11.0. The van der Waals surface area contributed by atoms with E-state index in [1.165, 1.54) is 18.2 Å². The van der Waals surface area contributed by atoms with Crippen LogP contribution < -0.4 is 0 Å². The molecule has 2 rings (SSSR count). The van der Waals surface area contributed by atoms with Crippen LogP contribution in [0.5, 0.6) is 0 Å². The molecule has 5 heteroatoms. The Kier molecular flexibility index (Phi) is 4.72. The van der Waals surface area contributed by atoms with Gasteiger partial charge in [-0.05, 0) is 31.0 Å². The first kappa shape index (κ1) is 14.5. The normalized spacial score (nSPS) is 18.4. The number of rotatable bonds is 1. The van der Waals surface area contributed by atoms with Gasteiger partial charge in [0.15, 0.2) is 0 Å². The van der Waals surface area contributed by atoms with Gasteiger partial charge < -0.3 is 15.1 Å². The fourth-order valence-electron chi connectivity index (χ4n) is 2.25. The molecule has 0 aliphatic carbocycles. The van der Waals surface area contributed by atoms with Crippen molar-refractivity contribution < 1.29 is 19.4 Å². The van der Waals surface area contributed by atoms with Crippen molar-refractivity contribution in [2.45, 2.75) is 18.9 Å². The third-order valence-electron chi connectivity index (χ3n) is 3.20. The Morgan fingerprint density at radius 2 is 2.30 bits per heavy atom. The van der Waals surface area contributed by atoms with Crippen LogP contribution in [-0.4, -0.2) is 46.8 Å². The van der Waals surface area contributed by atoms with E-state index in [1.54, 1.807) is 4.90 Å². The summed E-state index contributed by atoms with van der Waals surface area (Å²) in [4.78, 5) is 13.9.